The highest BCUT2D eigenvalue weighted by atomic mass is 79.9. The van der Waals surface area contributed by atoms with Gasteiger partial charge in [0.25, 0.3) is 0 Å². The maximum atomic E-state index is 12.7. The van der Waals surface area contributed by atoms with Crippen LogP contribution in [0.3, 0.4) is 0 Å². The summed E-state index contributed by atoms with van der Waals surface area (Å²) in [6, 6.07) is 5.50. The highest BCUT2D eigenvalue weighted by molar-refractivity contribution is 9.10. The summed E-state index contributed by atoms with van der Waals surface area (Å²) >= 11 is 3.44. The van der Waals surface area contributed by atoms with Crippen LogP contribution in [-0.4, -0.2) is 38.3 Å². The molecule has 2 fully saturated rings. The quantitative estimate of drug-likeness (QED) is 0.781. The molecular weight excluding hydrogens is 336 g/mol. The van der Waals surface area contributed by atoms with Crippen LogP contribution in [0.25, 0.3) is 0 Å². The van der Waals surface area contributed by atoms with E-state index in [1.54, 1.807) is 7.11 Å². The van der Waals surface area contributed by atoms with Gasteiger partial charge in [0.2, 0.25) is 0 Å². The Morgan fingerprint density at radius 3 is 2.95 bits per heavy atom. The summed E-state index contributed by atoms with van der Waals surface area (Å²) in [5.41, 5.74) is 0.492. The zero-order chi connectivity index (χ0) is 14.9. The number of hydrogen-bond donors (Lipinski definition) is 0. The molecule has 0 aliphatic carbocycles. The average molecular weight is 355 g/mol. The van der Waals surface area contributed by atoms with Crippen LogP contribution in [0.1, 0.15) is 29.6 Å². The lowest BCUT2D eigenvalue weighted by molar-refractivity contribution is -0.0920. The minimum absolute atomic E-state index is 0.0146. The molecule has 2 aliphatic heterocycles. The van der Waals surface area contributed by atoms with Crippen LogP contribution in [0.15, 0.2) is 22.7 Å². The standard InChI is InChI=1S/C16H19BrO4/c1-19-14-3-2-11(8-13(14)17)15(18)12-4-6-21-16(9-12)5-7-20-10-16/h2-3,8,12H,4-7,9-10H2,1H3. The monoisotopic (exact) mass is 354 g/mol. The number of ether oxygens (including phenoxy) is 3. The number of Topliss-reactive ketones (excluding diaryl/α,β-unsaturated/α-hetero) is 1. The summed E-state index contributed by atoms with van der Waals surface area (Å²) in [5.74, 6) is 0.938. The van der Waals surface area contributed by atoms with Gasteiger partial charge in [-0.25, -0.2) is 0 Å². The molecule has 2 heterocycles. The van der Waals surface area contributed by atoms with Gasteiger partial charge in [0, 0.05) is 31.1 Å². The lowest BCUT2D eigenvalue weighted by Crippen LogP contribution is -2.42. The van der Waals surface area contributed by atoms with Crippen LogP contribution < -0.4 is 4.74 Å². The molecule has 2 saturated heterocycles. The van der Waals surface area contributed by atoms with Crippen molar-refractivity contribution in [1.29, 1.82) is 0 Å². The molecule has 21 heavy (non-hydrogen) atoms. The van der Waals surface area contributed by atoms with Crippen molar-refractivity contribution in [3.63, 3.8) is 0 Å². The summed E-state index contributed by atoms with van der Waals surface area (Å²) in [4.78, 5) is 12.7. The van der Waals surface area contributed by atoms with Gasteiger partial charge in [0.1, 0.15) is 5.75 Å². The van der Waals surface area contributed by atoms with Crippen LogP contribution in [0.4, 0.5) is 0 Å². The first kappa shape index (κ1) is 15.0. The van der Waals surface area contributed by atoms with Crippen LogP contribution in [0.5, 0.6) is 5.75 Å². The van der Waals surface area contributed by atoms with Crippen molar-refractivity contribution in [3.8, 4) is 5.75 Å². The van der Waals surface area contributed by atoms with E-state index in [4.69, 9.17) is 14.2 Å². The van der Waals surface area contributed by atoms with E-state index < -0.39 is 0 Å². The second-order valence-corrected chi connectivity index (χ2v) is 6.59. The predicted octanol–water partition coefficient (Wildman–Crippen LogP) is 3.23. The molecular formula is C16H19BrO4. The van der Waals surface area contributed by atoms with Crippen LogP contribution in [0.2, 0.25) is 0 Å². The van der Waals surface area contributed by atoms with Crippen LogP contribution in [-0.2, 0) is 9.47 Å². The van der Waals surface area contributed by atoms with Gasteiger partial charge in [0.15, 0.2) is 5.78 Å². The van der Waals surface area contributed by atoms with Crippen molar-refractivity contribution in [2.24, 2.45) is 5.92 Å². The van der Waals surface area contributed by atoms with Gasteiger partial charge in [-0.2, -0.15) is 0 Å². The third-order valence-corrected chi connectivity index (χ3v) is 4.99. The fraction of sp³-hybridized carbons (Fsp3) is 0.562. The third kappa shape index (κ3) is 3.00. The van der Waals surface area contributed by atoms with Gasteiger partial charge >= 0.3 is 0 Å². The number of benzene rings is 1. The number of carbonyl (C=O) groups is 1. The Morgan fingerprint density at radius 2 is 2.29 bits per heavy atom. The molecule has 4 nitrogen and oxygen atoms in total. The lowest BCUT2D eigenvalue weighted by atomic mass is 9.81. The van der Waals surface area contributed by atoms with Gasteiger partial charge in [-0.3, -0.25) is 4.79 Å². The average Bonchev–Trinajstić information content (AvgIpc) is 2.94. The Morgan fingerprint density at radius 1 is 1.43 bits per heavy atom. The van der Waals surface area contributed by atoms with Crippen molar-refractivity contribution in [1.82, 2.24) is 0 Å². The smallest absolute Gasteiger partial charge is 0.166 e. The van der Waals surface area contributed by atoms with Crippen LogP contribution in [0, 0.1) is 5.92 Å². The fourth-order valence-electron chi connectivity index (χ4n) is 3.17. The fourth-order valence-corrected chi connectivity index (χ4v) is 3.71. The Hall–Kier alpha value is -0.910. The summed E-state index contributed by atoms with van der Waals surface area (Å²) < 4.78 is 17.4. The molecule has 0 aromatic heterocycles. The molecule has 2 atom stereocenters. The molecule has 0 saturated carbocycles. The first-order chi connectivity index (χ1) is 10.1. The largest absolute Gasteiger partial charge is 0.496 e. The van der Waals surface area contributed by atoms with Gasteiger partial charge in [-0.1, -0.05) is 0 Å². The van der Waals surface area contributed by atoms with E-state index in [-0.39, 0.29) is 17.3 Å². The second kappa shape index (κ2) is 6.07. The summed E-state index contributed by atoms with van der Waals surface area (Å²) in [6.07, 6.45) is 2.43. The summed E-state index contributed by atoms with van der Waals surface area (Å²) in [5, 5.41) is 0. The minimum Gasteiger partial charge on any atom is -0.496 e. The van der Waals surface area contributed by atoms with Gasteiger partial charge in [-0.05, 0) is 47.0 Å². The Balaban J connectivity index is 1.76. The van der Waals surface area contributed by atoms with E-state index in [1.165, 1.54) is 0 Å². The molecule has 0 N–H and O–H groups in total. The van der Waals surface area contributed by atoms with E-state index in [9.17, 15) is 4.79 Å². The second-order valence-electron chi connectivity index (χ2n) is 5.74. The normalized spacial score (nSPS) is 28.8. The molecule has 0 radical (unpaired) electrons. The number of carbonyl (C=O) groups excluding carboxylic acids is 1. The summed E-state index contributed by atoms with van der Waals surface area (Å²) in [7, 11) is 1.61. The van der Waals surface area contributed by atoms with Crippen LogP contribution >= 0.6 is 15.9 Å². The highest BCUT2D eigenvalue weighted by Crippen LogP contribution is 2.37. The Bertz CT molecular complexity index is 537. The molecule has 2 aliphatic rings. The molecule has 5 heteroatoms. The van der Waals surface area contributed by atoms with Crippen molar-refractivity contribution >= 4 is 21.7 Å². The van der Waals surface area contributed by atoms with E-state index in [0.717, 1.165) is 41.7 Å². The van der Waals surface area contributed by atoms with Crippen molar-refractivity contribution in [3.05, 3.63) is 28.2 Å². The van der Waals surface area contributed by atoms with Crippen molar-refractivity contribution in [2.75, 3.05) is 26.9 Å². The first-order valence-corrected chi connectivity index (χ1v) is 8.02. The number of halogens is 1. The minimum atomic E-state index is -0.234. The van der Waals surface area contributed by atoms with Gasteiger partial charge in [-0.15, -0.1) is 0 Å². The molecule has 2 unspecified atom stereocenters. The summed E-state index contributed by atoms with van der Waals surface area (Å²) in [6.45, 7) is 1.98. The highest BCUT2D eigenvalue weighted by Gasteiger charge is 2.43. The van der Waals surface area contributed by atoms with Gasteiger partial charge < -0.3 is 14.2 Å². The predicted molar refractivity (Wildman–Crippen MR) is 81.9 cm³/mol. The number of methoxy groups -OCH3 is 1. The van der Waals surface area contributed by atoms with E-state index in [2.05, 4.69) is 15.9 Å². The Kier molecular flexibility index (Phi) is 4.33. The number of ketones is 1. The molecule has 1 spiro atoms. The molecule has 0 bridgehead atoms. The van der Waals surface area contributed by atoms with Crippen molar-refractivity contribution < 1.29 is 19.0 Å². The first-order valence-electron chi connectivity index (χ1n) is 7.23. The maximum Gasteiger partial charge on any atom is 0.166 e. The Labute approximate surface area is 132 Å². The van der Waals surface area contributed by atoms with E-state index in [1.807, 2.05) is 18.2 Å². The molecule has 1 aromatic carbocycles. The number of rotatable bonds is 3. The zero-order valence-electron chi connectivity index (χ0n) is 12.1. The van der Waals surface area contributed by atoms with E-state index in [0.29, 0.717) is 13.2 Å². The zero-order valence-corrected chi connectivity index (χ0v) is 13.6. The van der Waals surface area contributed by atoms with E-state index >= 15 is 0 Å². The number of hydrogen-bond acceptors (Lipinski definition) is 4. The van der Waals surface area contributed by atoms with Gasteiger partial charge in [0.05, 0.1) is 23.8 Å². The lowest BCUT2D eigenvalue weighted by Gasteiger charge is -2.36. The topological polar surface area (TPSA) is 44.8 Å². The third-order valence-electron chi connectivity index (χ3n) is 4.37. The molecule has 0 amide bonds. The molecule has 3 rings (SSSR count). The SMILES string of the molecule is COc1ccc(C(=O)C2CCOC3(CCOC3)C2)cc1Br. The maximum absolute atomic E-state index is 12.7. The molecule has 1 aromatic rings. The van der Waals surface area contributed by atoms with Crippen molar-refractivity contribution in [2.45, 2.75) is 24.9 Å². The molecule has 114 valence electrons.